The smallest absolute Gasteiger partial charge is 0.0946 e. The first-order chi connectivity index (χ1) is 7.86. The van der Waals surface area contributed by atoms with Gasteiger partial charge in [0, 0.05) is 43.9 Å². The third-order valence-electron chi connectivity index (χ3n) is 2.56. The highest BCUT2D eigenvalue weighted by Gasteiger charge is 2.03. The predicted molar refractivity (Wildman–Crippen MR) is 62.9 cm³/mol. The number of nitrogens with zero attached hydrogens (tertiary/aromatic N) is 3. The Kier molecular flexibility index (Phi) is 3.66. The fourth-order valence-corrected chi connectivity index (χ4v) is 1.58. The summed E-state index contributed by atoms with van der Waals surface area (Å²) in [6.45, 7) is 4.00. The number of hydrogen-bond donors (Lipinski definition) is 1. The van der Waals surface area contributed by atoms with Gasteiger partial charge in [-0.25, -0.2) is 4.98 Å². The van der Waals surface area contributed by atoms with E-state index in [2.05, 4.69) is 32.8 Å². The van der Waals surface area contributed by atoms with Crippen molar-refractivity contribution in [3.63, 3.8) is 0 Å². The van der Waals surface area contributed by atoms with Gasteiger partial charge in [-0.3, -0.25) is 4.98 Å². The molecule has 0 aliphatic rings. The molecule has 0 aliphatic heterocycles. The summed E-state index contributed by atoms with van der Waals surface area (Å²) in [5.41, 5.74) is 1.22. The summed E-state index contributed by atoms with van der Waals surface area (Å²) in [7, 11) is 0. The largest absolute Gasteiger partial charge is 0.336 e. The molecule has 2 heterocycles. The maximum Gasteiger partial charge on any atom is 0.0946 e. The average Bonchev–Trinajstić information content (AvgIpc) is 2.83. The first-order valence-electron chi connectivity index (χ1n) is 5.45. The lowest BCUT2D eigenvalue weighted by atomic mass is 10.1. The molecule has 0 saturated carbocycles. The Bertz CT molecular complexity index is 396. The van der Waals surface area contributed by atoms with E-state index < -0.39 is 0 Å². The molecule has 2 aromatic heterocycles. The van der Waals surface area contributed by atoms with E-state index in [0.717, 1.165) is 13.1 Å². The monoisotopic (exact) mass is 216 g/mol. The SMILES string of the molecule is CC(NCCn1ccnc1)c1cccnc1. The number of pyridine rings is 1. The van der Waals surface area contributed by atoms with Gasteiger partial charge in [0.25, 0.3) is 0 Å². The van der Waals surface area contributed by atoms with Crippen LogP contribution in [0.25, 0.3) is 0 Å². The predicted octanol–water partition coefficient (Wildman–Crippen LogP) is 1.63. The van der Waals surface area contributed by atoms with Crippen molar-refractivity contribution >= 4 is 0 Å². The van der Waals surface area contributed by atoms with Crippen molar-refractivity contribution in [2.45, 2.75) is 19.5 Å². The van der Waals surface area contributed by atoms with Crippen molar-refractivity contribution in [1.82, 2.24) is 19.9 Å². The van der Waals surface area contributed by atoms with E-state index in [9.17, 15) is 0 Å². The highest BCUT2D eigenvalue weighted by atomic mass is 15.0. The van der Waals surface area contributed by atoms with E-state index in [0.29, 0.717) is 6.04 Å². The highest BCUT2D eigenvalue weighted by Crippen LogP contribution is 2.08. The van der Waals surface area contributed by atoms with Crippen LogP contribution in [0.5, 0.6) is 0 Å². The molecule has 1 atom stereocenters. The van der Waals surface area contributed by atoms with Gasteiger partial charge < -0.3 is 9.88 Å². The van der Waals surface area contributed by atoms with Gasteiger partial charge in [-0.2, -0.15) is 0 Å². The molecule has 0 saturated heterocycles. The van der Waals surface area contributed by atoms with Gasteiger partial charge >= 0.3 is 0 Å². The summed E-state index contributed by atoms with van der Waals surface area (Å²) in [5.74, 6) is 0. The molecule has 0 fully saturated rings. The van der Waals surface area contributed by atoms with E-state index >= 15 is 0 Å². The van der Waals surface area contributed by atoms with Gasteiger partial charge in [0.05, 0.1) is 6.33 Å². The van der Waals surface area contributed by atoms with E-state index in [1.807, 2.05) is 24.8 Å². The van der Waals surface area contributed by atoms with Crippen molar-refractivity contribution in [1.29, 1.82) is 0 Å². The fraction of sp³-hybridized carbons (Fsp3) is 0.333. The Hall–Kier alpha value is -1.68. The van der Waals surface area contributed by atoms with Crippen LogP contribution in [0.1, 0.15) is 18.5 Å². The summed E-state index contributed by atoms with van der Waals surface area (Å²) in [5, 5.41) is 3.45. The molecule has 1 unspecified atom stereocenters. The number of hydrogen-bond acceptors (Lipinski definition) is 3. The number of rotatable bonds is 5. The van der Waals surface area contributed by atoms with Gasteiger partial charge in [-0.15, -0.1) is 0 Å². The Morgan fingerprint density at radius 1 is 1.38 bits per heavy atom. The number of nitrogens with one attached hydrogen (secondary N) is 1. The topological polar surface area (TPSA) is 42.7 Å². The molecule has 84 valence electrons. The molecule has 0 amide bonds. The molecule has 2 rings (SSSR count). The fourth-order valence-electron chi connectivity index (χ4n) is 1.58. The minimum Gasteiger partial charge on any atom is -0.336 e. The van der Waals surface area contributed by atoms with Crippen molar-refractivity contribution in [3.8, 4) is 0 Å². The van der Waals surface area contributed by atoms with Gasteiger partial charge in [0.2, 0.25) is 0 Å². The second kappa shape index (κ2) is 5.42. The van der Waals surface area contributed by atoms with Crippen molar-refractivity contribution < 1.29 is 0 Å². The highest BCUT2D eigenvalue weighted by molar-refractivity contribution is 5.12. The molecule has 0 aromatic carbocycles. The standard InChI is InChI=1S/C12H16N4/c1-11(12-3-2-4-13-9-12)15-6-8-16-7-5-14-10-16/h2-5,7,9-11,15H,6,8H2,1H3. The molecule has 0 radical (unpaired) electrons. The number of imidazole rings is 1. The molecular weight excluding hydrogens is 200 g/mol. The Labute approximate surface area is 95.4 Å². The summed E-state index contributed by atoms with van der Waals surface area (Å²) in [4.78, 5) is 8.11. The van der Waals surface area contributed by atoms with Crippen LogP contribution in [0.4, 0.5) is 0 Å². The minimum atomic E-state index is 0.331. The molecule has 4 nitrogen and oxygen atoms in total. The second-order valence-electron chi connectivity index (χ2n) is 3.76. The van der Waals surface area contributed by atoms with Crippen LogP contribution in [0.3, 0.4) is 0 Å². The van der Waals surface area contributed by atoms with Gasteiger partial charge in [-0.1, -0.05) is 6.07 Å². The van der Waals surface area contributed by atoms with Gasteiger partial charge in [0.1, 0.15) is 0 Å². The molecule has 0 spiro atoms. The average molecular weight is 216 g/mol. The minimum absolute atomic E-state index is 0.331. The Morgan fingerprint density at radius 3 is 3.00 bits per heavy atom. The molecule has 4 heteroatoms. The van der Waals surface area contributed by atoms with E-state index in [4.69, 9.17) is 0 Å². The summed E-state index contributed by atoms with van der Waals surface area (Å²) < 4.78 is 2.06. The molecule has 0 bridgehead atoms. The second-order valence-corrected chi connectivity index (χ2v) is 3.76. The quantitative estimate of drug-likeness (QED) is 0.826. The Balaban J connectivity index is 1.78. The molecule has 0 aliphatic carbocycles. The van der Waals surface area contributed by atoms with Crippen LogP contribution < -0.4 is 5.32 Å². The van der Waals surface area contributed by atoms with Crippen LogP contribution in [0.15, 0.2) is 43.2 Å². The molecule has 16 heavy (non-hydrogen) atoms. The zero-order valence-corrected chi connectivity index (χ0v) is 9.37. The lowest BCUT2D eigenvalue weighted by molar-refractivity contribution is 0.530. The first kappa shape index (κ1) is 10.8. The third-order valence-corrected chi connectivity index (χ3v) is 2.56. The van der Waals surface area contributed by atoms with Gasteiger partial charge in [0.15, 0.2) is 0 Å². The lowest BCUT2D eigenvalue weighted by Crippen LogP contribution is -2.23. The third kappa shape index (κ3) is 2.90. The maximum absolute atomic E-state index is 4.11. The zero-order chi connectivity index (χ0) is 11.2. The van der Waals surface area contributed by atoms with E-state index in [1.165, 1.54) is 5.56 Å². The van der Waals surface area contributed by atoms with Crippen molar-refractivity contribution in [3.05, 3.63) is 48.8 Å². The van der Waals surface area contributed by atoms with Crippen LogP contribution >= 0.6 is 0 Å². The number of aromatic nitrogens is 3. The van der Waals surface area contributed by atoms with Crippen LogP contribution in [0, 0.1) is 0 Å². The molecular formula is C12H16N4. The summed E-state index contributed by atoms with van der Waals surface area (Å²) in [6.07, 6.45) is 9.29. The zero-order valence-electron chi connectivity index (χ0n) is 9.37. The lowest BCUT2D eigenvalue weighted by Gasteiger charge is -2.13. The Morgan fingerprint density at radius 2 is 2.31 bits per heavy atom. The molecule has 1 N–H and O–H groups in total. The first-order valence-corrected chi connectivity index (χ1v) is 5.45. The van der Waals surface area contributed by atoms with Crippen molar-refractivity contribution in [2.24, 2.45) is 0 Å². The van der Waals surface area contributed by atoms with E-state index in [1.54, 1.807) is 12.4 Å². The van der Waals surface area contributed by atoms with Crippen LogP contribution in [-0.4, -0.2) is 21.1 Å². The maximum atomic E-state index is 4.11. The normalized spacial score (nSPS) is 12.6. The van der Waals surface area contributed by atoms with E-state index in [-0.39, 0.29) is 0 Å². The van der Waals surface area contributed by atoms with Crippen LogP contribution in [-0.2, 0) is 6.54 Å². The summed E-state index contributed by atoms with van der Waals surface area (Å²) >= 11 is 0. The molecule has 2 aromatic rings. The van der Waals surface area contributed by atoms with Crippen LogP contribution in [0.2, 0.25) is 0 Å². The summed E-state index contributed by atoms with van der Waals surface area (Å²) in [6, 6.07) is 4.38. The van der Waals surface area contributed by atoms with Gasteiger partial charge in [-0.05, 0) is 18.6 Å². The van der Waals surface area contributed by atoms with Crippen molar-refractivity contribution in [2.75, 3.05) is 6.54 Å².